The molecule has 0 aromatic rings. The molecule has 1 aliphatic rings. The second kappa shape index (κ2) is 3.78. The van der Waals surface area contributed by atoms with Gasteiger partial charge < -0.3 is 11.5 Å². The Kier molecular flexibility index (Phi) is 3.37. The minimum Gasteiger partial charge on any atom is -0.329 e. The second-order valence-corrected chi connectivity index (χ2v) is 7.01. The summed E-state index contributed by atoms with van der Waals surface area (Å²) in [5.74, 6) is 2.25. The monoisotopic (exact) mass is 206 g/mol. The first-order valence-electron chi connectivity index (χ1n) is 4.22. The zero-order valence-electron chi connectivity index (χ0n) is 7.80. The maximum atomic E-state index is 5.70. The summed E-state index contributed by atoms with van der Waals surface area (Å²) in [5, 5.41) is 0. The number of nitrogens with two attached hydrogens (primary N) is 2. The van der Waals surface area contributed by atoms with E-state index in [1.165, 1.54) is 0 Å². The molecule has 4 heteroatoms. The first-order chi connectivity index (χ1) is 5.54. The molecular weight excluding hydrogens is 188 g/mol. The molecule has 2 unspecified atom stereocenters. The van der Waals surface area contributed by atoms with Gasteiger partial charge in [-0.1, -0.05) is 0 Å². The maximum Gasteiger partial charge on any atom is 0.0345 e. The fourth-order valence-corrected chi connectivity index (χ4v) is 3.77. The first kappa shape index (κ1) is 10.7. The van der Waals surface area contributed by atoms with E-state index in [0.29, 0.717) is 0 Å². The summed E-state index contributed by atoms with van der Waals surface area (Å²) < 4.78 is 0.554. The number of thioether (sulfide) groups is 2. The molecule has 1 rings (SSSR count). The molecule has 1 saturated heterocycles. The van der Waals surface area contributed by atoms with Gasteiger partial charge in [0.15, 0.2) is 0 Å². The van der Waals surface area contributed by atoms with E-state index in [9.17, 15) is 0 Å². The van der Waals surface area contributed by atoms with Gasteiger partial charge in [0.1, 0.15) is 0 Å². The third kappa shape index (κ3) is 2.31. The Morgan fingerprint density at radius 1 is 1.00 bits per heavy atom. The SMILES string of the molecule is CC1(CN)CSC(C)(CN)CS1. The number of hydrogen-bond donors (Lipinski definition) is 2. The largest absolute Gasteiger partial charge is 0.329 e. The average molecular weight is 206 g/mol. The quantitative estimate of drug-likeness (QED) is 0.705. The Morgan fingerprint density at radius 2 is 1.33 bits per heavy atom. The number of hydrogen-bond acceptors (Lipinski definition) is 4. The first-order valence-corrected chi connectivity index (χ1v) is 6.19. The zero-order valence-corrected chi connectivity index (χ0v) is 9.43. The molecule has 0 bridgehead atoms. The maximum absolute atomic E-state index is 5.70. The van der Waals surface area contributed by atoms with E-state index in [0.717, 1.165) is 24.6 Å². The highest BCUT2D eigenvalue weighted by Crippen LogP contribution is 2.42. The van der Waals surface area contributed by atoms with Crippen LogP contribution in [0, 0.1) is 0 Å². The highest BCUT2D eigenvalue weighted by atomic mass is 32.2. The Morgan fingerprint density at radius 3 is 1.50 bits per heavy atom. The minimum absolute atomic E-state index is 0.277. The predicted octanol–water partition coefficient (Wildman–Crippen LogP) is 0.901. The molecule has 72 valence electrons. The van der Waals surface area contributed by atoms with Gasteiger partial charge in [-0.3, -0.25) is 0 Å². The lowest BCUT2D eigenvalue weighted by molar-refractivity contribution is 0.674. The summed E-state index contributed by atoms with van der Waals surface area (Å²) in [6, 6.07) is 0. The van der Waals surface area contributed by atoms with E-state index < -0.39 is 0 Å². The average Bonchev–Trinajstić information content (AvgIpc) is 2.11. The molecule has 0 saturated carbocycles. The van der Waals surface area contributed by atoms with Gasteiger partial charge in [-0.25, -0.2) is 0 Å². The molecule has 1 fully saturated rings. The molecule has 2 nitrogen and oxygen atoms in total. The van der Waals surface area contributed by atoms with Gasteiger partial charge in [0.05, 0.1) is 0 Å². The van der Waals surface area contributed by atoms with Crippen LogP contribution >= 0.6 is 23.5 Å². The van der Waals surface area contributed by atoms with Crippen LogP contribution < -0.4 is 11.5 Å². The smallest absolute Gasteiger partial charge is 0.0345 e. The Bertz CT molecular complexity index is 135. The van der Waals surface area contributed by atoms with Gasteiger partial charge in [0, 0.05) is 34.1 Å². The van der Waals surface area contributed by atoms with Crippen molar-refractivity contribution in [3.8, 4) is 0 Å². The van der Waals surface area contributed by atoms with Crippen molar-refractivity contribution >= 4 is 23.5 Å². The van der Waals surface area contributed by atoms with Gasteiger partial charge in [-0.05, 0) is 13.8 Å². The van der Waals surface area contributed by atoms with Crippen molar-refractivity contribution in [1.29, 1.82) is 0 Å². The third-order valence-corrected chi connectivity index (χ3v) is 6.26. The third-order valence-electron chi connectivity index (χ3n) is 2.32. The van der Waals surface area contributed by atoms with Crippen molar-refractivity contribution in [2.75, 3.05) is 24.6 Å². The fraction of sp³-hybridized carbons (Fsp3) is 1.00. The van der Waals surface area contributed by atoms with Gasteiger partial charge in [-0.15, -0.1) is 0 Å². The van der Waals surface area contributed by atoms with Crippen molar-refractivity contribution in [3.05, 3.63) is 0 Å². The standard InChI is InChI=1S/C8H18N2S2/c1-7(3-9)5-12-8(2,4-10)6-11-7/h3-6,9-10H2,1-2H3. The summed E-state index contributed by atoms with van der Waals surface area (Å²) in [4.78, 5) is 0. The van der Waals surface area contributed by atoms with E-state index in [-0.39, 0.29) is 9.49 Å². The van der Waals surface area contributed by atoms with Crippen molar-refractivity contribution < 1.29 is 0 Å². The molecule has 1 heterocycles. The van der Waals surface area contributed by atoms with E-state index in [1.807, 2.05) is 23.5 Å². The van der Waals surface area contributed by atoms with Crippen molar-refractivity contribution in [3.63, 3.8) is 0 Å². The minimum atomic E-state index is 0.277. The van der Waals surface area contributed by atoms with Crippen LogP contribution in [0.4, 0.5) is 0 Å². The predicted molar refractivity (Wildman–Crippen MR) is 59.8 cm³/mol. The van der Waals surface area contributed by atoms with Crippen LogP contribution in [0.1, 0.15) is 13.8 Å². The molecule has 1 aliphatic heterocycles. The summed E-state index contributed by atoms with van der Waals surface area (Å²) in [6.07, 6.45) is 0. The fourth-order valence-electron chi connectivity index (χ4n) is 0.973. The Labute approximate surface area is 83.2 Å². The lowest BCUT2D eigenvalue weighted by Crippen LogP contribution is -2.46. The van der Waals surface area contributed by atoms with Gasteiger partial charge >= 0.3 is 0 Å². The second-order valence-electron chi connectivity index (χ2n) is 3.89. The van der Waals surface area contributed by atoms with Gasteiger partial charge in [0.2, 0.25) is 0 Å². The van der Waals surface area contributed by atoms with Crippen LogP contribution in [0.25, 0.3) is 0 Å². The lowest BCUT2D eigenvalue weighted by atomic mass is 10.2. The summed E-state index contributed by atoms with van der Waals surface area (Å²) in [6.45, 7) is 6.01. The Hall–Kier alpha value is 0.620. The lowest BCUT2D eigenvalue weighted by Gasteiger charge is -2.41. The zero-order chi connectivity index (χ0) is 9.24. The molecule has 4 N–H and O–H groups in total. The molecule has 0 radical (unpaired) electrons. The summed E-state index contributed by atoms with van der Waals surface area (Å²) in [7, 11) is 0. The highest BCUT2D eigenvalue weighted by Gasteiger charge is 2.36. The van der Waals surface area contributed by atoms with Gasteiger partial charge in [-0.2, -0.15) is 23.5 Å². The topological polar surface area (TPSA) is 52.0 Å². The van der Waals surface area contributed by atoms with E-state index in [1.54, 1.807) is 0 Å². The number of rotatable bonds is 2. The molecular formula is C8H18N2S2. The molecule has 12 heavy (non-hydrogen) atoms. The summed E-state index contributed by atoms with van der Waals surface area (Å²) in [5.41, 5.74) is 11.4. The van der Waals surface area contributed by atoms with Crippen molar-refractivity contribution in [2.24, 2.45) is 11.5 Å². The van der Waals surface area contributed by atoms with Crippen LogP contribution in [0.5, 0.6) is 0 Å². The molecule has 0 spiro atoms. The van der Waals surface area contributed by atoms with Crippen LogP contribution in [0.15, 0.2) is 0 Å². The molecule has 0 aliphatic carbocycles. The van der Waals surface area contributed by atoms with E-state index in [2.05, 4.69) is 13.8 Å². The van der Waals surface area contributed by atoms with Crippen LogP contribution in [-0.2, 0) is 0 Å². The van der Waals surface area contributed by atoms with Crippen molar-refractivity contribution in [2.45, 2.75) is 23.3 Å². The highest BCUT2D eigenvalue weighted by molar-refractivity contribution is 8.08. The van der Waals surface area contributed by atoms with Crippen LogP contribution in [0.2, 0.25) is 0 Å². The molecule has 2 atom stereocenters. The van der Waals surface area contributed by atoms with Gasteiger partial charge in [0.25, 0.3) is 0 Å². The molecule has 0 aromatic heterocycles. The molecule has 0 amide bonds. The Balaban J connectivity index is 2.49. The normalized spacial score (nSPS) is 43.0. The van der Waals surface area contributed by atoms with Crippen molar-refractivity contribution in [1.82, 2.24) is 0 Å². The molecule has 0 aromatic carbocycles. The van der Waals surface area contributed by atoms with E-state index in [4.69, 9.17) is 11.5 Å². The van der Waals surface area contributed by atoms with E-state index >= 15 is 0 Å². The summed E-state index contributed by atoms with van der Waals surface area (Å²) >= 11 is 3.94. The van der Waals surface area contributed by atoms with Crippen LogP contribution in [-0.4, -0.2) is 34.1 Å². The van der Waals surface area contributed by atoms with Crippen LogP contribution in [0.3, 0.4) is 0 Å².